The van der Waals surface area contributed by atoms with Crippen LogP contribution in [0.1, 0.15) is 11.1 Å². The Morgan fingerprint density at radius 2 is 1.92 bits per heavy atom. The lowest BCUT2D eigenvalue weighted by Gasteiger charge is -2.04. The van der Waals surface area contributed by atoms with Crippen LogP contribution in [-0.4, -0.2) is 24.6 Å². The molecule has 3 aromatic rings. The van der Waals surface area contributed by atoms with Crippen molar-refractivity contribution in [3.05, 3.63) is 59.9 Å². The van der Waals surface area contributed by atoms with Crippen LogP contribution in [0, 0.1) is 13.8 Å². The van der Waals surface area contributed by atoms with E-state index in [0.29, 0.717) is 11.6 Å². The molecule has 5 heteroatoms. The highest BCUT2D eigenvalue weighted by Gasteiger charge is 2.11. The van der Waals surface area contributed by atoms with E-state index in [2.05, 4.69) is 42.3 Å². The summed E-state index contributed by atoms with van der Waals surface area (Å²) in [6.07, 6.45) is 1.67. The molecule has 25 heavy (non-hydrogen) atoms. The average Bonchev–Trinajstić information content (AvgIpc) is 3.08. The third-order valence-corrected chi connectivity index (χ3v) is 3.86. The summed E-state index contributed by atoms with van der Waals surface area (Å²) in [5.74, 6) is 0.356. The van der Waals surface area contributed by atoms with Crippen LogP contribution in [0.5, 0.6) is 0 Å². The lowest BCUT2D eigenvalue weighted by Crippen LogP contribution is -2.16. The zero-order chi connectivity index (χ0) is 17.8. The van der Waals surface area contributed by atoms with Crippen molar-refractivity contribution in [2.75, 3.05) is 19.0 Å². The van der Waals surface area contributed by atoms with Gasteiger partial charge >= 0.3 is 0 Å². The summed E-state index contributed by atoms with van der Waals surface area (Å²) in [5, 5.41) is 2.75. The van der Waals surface area contributed by atoms with Crippen LogP contribution < -0.4 is 5.32 Å². The molecule has 1 heterocycles. The lowest BCUT2D eigenvalue weighted by molar-refractivity contribution is -0.119. The predicted molar refractivity (Wildman–Crippen MR) is 97.4 cm³/mol. The quantitative estimate of drug-likeness (QED) is 0.758. The molecule has 5 nitrogen and oxygen atoms in total. The normalized spacial score (nSPS) is 10.7. The average molecular weight is 336 g/mol. The number of amides is 1. The number of carbonyl (C=O) groups excluding carboxylic acids is 1. The van der Waals surface area contributed by atoms with E-state index >= 15 is 0 Å². The van der Waals surface area contributed by atoms with Gasteiger partial charge in [-0.3, -0.25) is 4.79 Å². The van der Waals surface area contributed by atoms with Gasteiger partial charge in [0.2, 0.25) is 11.8 Å². The molecule has 128 valence electrons. The minimum absolute atomic E-state index is 0.0285. The first-order valence-electron chi connectivity index (χ1n) is 7.99. The van der Waals surface area contributed by atoms with E-state index < -0.39 is 0 Å². The number of benzene rings is 2. The van der Waals surface area contributed by atoms with Gasteiger partial charge < -0.3 is 14.5 Å². The maximum atomic E-state index is 11.5. The van der Waals surface area contributed by atoms with Crippen molar-refractivity contribution in [2.24, 2.45) is 0 Å². The van der Waals surface area contributed by atoms with Crippen LogP contribution >= 0.6 is 0 Å². The molecular weight excluding hydrogens is 316 g/mol. The van der Waals surface area contributed by atoms with Crippen LogP contribution in [0.25, 0.3) is 22.7 Å². The van der Waals surface area contributed by atoms with E-state index in [1.807, 2.05) is 24.3 Å². The molecule has 0 bridgehead atoms. The highest BCUT2D eigenvalue weighted by Crippen LogP contribution is 2.28. The summed E-state index contributed by atoms with van der Waals surface area (Å²) in [6, 6.07) is 13.6. The number of anilines is 1. The molecule has 0 aliphatic heterocycles. The molecule has 0 saturated heterocycles. The Hall–Kier alpha value is -2.92. The van der Waals surface area contributed by atoms with E-state index in [1.54, 1.807) is 6.26 Å². The van der Waals surface area contributed by atoms with Crippen LogP contribution in [0.3, 0.4) is 0 Å². The summed E-state index contributed by atoms with van der Waals surface area (Å²) in [7, 11) is 1.48. The number of rotatable bonds is 5. The van der Waals surface area contributed by atoms with Gasteiger partial charge in [-0.15, -0.1) is 0 Å². The fraction of sp³-hybridized carbons (Fsp3) is 0.200. The molecule has 2 aromatic carbocycles. The summed E-state index contributed by atoms with van der Waals surface area (Å²) in [5.41, 5.74) is 5.77. The Labute approximate surface area is 146 Å². The van der Waals surface area contributed by atoms with Crippen LogP contribution in [0.15, 0.2) is 53.1 Å². The zero-order valence-corrected chi connectivity index (χ0v) is 14.5. The number of nitrogens with one attached hydrogen (secondary N) is 1. The SMILES string of the molecule is COCC(=O)Nc1ccc(-c2nc(-c3cc(C)ccc3C)co2)cc1. The van der Waals surface area contributed by atoms with Crippen molar-refractivity contribution in [3.63, 3.8) is 0 Å². The number of nitrogens with zero attached hydrogens (tertiary/aromatic N) is 1. The fourth-order valence-corrected chi connectivity index (χ4v) is 2.57. The van der Waals surface area contributed by atoms with E-state index in [1.165, 1.54) is 12.7 Å². The molecule has 0 aliphatic carbocycles. The molecule has 1 amide bonds. The van der Waals surface area contributed by atoms with Crippen molar-refractivity contribution in [1.82, 2.24) is 4.98 Å². The van der Waals surface area contributed by atoms with Gasteiger partial charge in [-0.05, 0) is 49.7 Å². The molecule has 0 radical (unpaired) electrons. The topological polar surface area (TPSA) is 64.4 Å². The van der Waals surface area contributed by atoms with Gasteiger partial charge in [-0.1, -0.05) is 17.7 Å². The molecule has 0 aliphatic rings. The monoisotopic (exact) mass is 336 g/mol. The van der Waals surface area contributed by atoms with Crippen LogP contribution in [0.2, 0.25) is 0 Å². The van der Waals surface area contributed by atoms with Crippen molar-refractivity contribution in [1.29, 1.82) is 0 Å². The smallest absolute Gasteiger partial charge is 0.250 e. The van der Waals surface area contributed by atoms with Crippen molar-refractivity contribution < 1.29 is 13.9 Å². The second kappa shape index (κ2) is 7.32. The molecule has 3 rings (SSSR count). The number of carbonyl (C=O) groups is 1. The van der Waals surface area contributed by atoms with Gasteiger partial charge in [0.05, 0.1) is 0 Å². The van der Waals surface area contributed by atoms with E-state index in [-0.39, 0.29) is 12.5 Å². The minimum Gasteiger partial charge on any atom is -0.444 e. The van der Waals surface area contributed by atoms with Gasteiger partial charge in [0.1, 0.15) is 18.6 Å². The third-order valence-electron chi connectivity index (χ3n) is 3.86. The summed E-state index contributed by atoms with van der Waals surface area (Å²) in [6.45, 7) is 4.14. The lowest BCUT2D eigenvalue weighted by atomic mass is 10.0. The Balaban J connectivity index is 1.80. The number of hydrogen-bond acceptors (Lipinski definition) is 4. The number of hydrogen-bond donors (Lipinski definition) is 1. The van der Waals surface area contributed by atoms with Crippen molar-refractivity contribution in [3.8, 4) is 22.7 Å². The molecule has 1 N–H and O–H groups in total. The second-order valence-electron chi connectivity index (χ2n) is 5.91. The van der Waals surface area contributed by atoms with Gasteiger partial charge in [-0.25, -0.2) is 4.98 Å². The predicted octanol–water partition coefficient (Wildman–Crippen LogP) is 4.21. The molecular formula is C20H20N2O3. The number of aryl methyl sites for hydroxylation is 2. The maximum Gasteiger partial charge on any atom is 0.250 e. The van der Waals surface area contributed by atoms with Gasteiger partial charge in [-0.2, -0.15) is 0 Å². The Morgan fingerprint density at radius 3 is 2.64 bits per heavy atom. The molecule has 0 fully saturated rings. The van der Waals surface area contributed by atoms with Gasteiger partial charge in [0, 0.05) is 23.9 Å². The van der Waals surface area contributed by atoms with E-state index in [0.717, 1.165) is 22.4 Å². The largest absolute Gasteiger partial charge is 0.444 e. The fourth-order valence-electron chi connectivity index (χ4n) is 2.57. The molecule has 0 saturated carbocycles. The Morgan fingerprint density at radius 1 is 1.16 bits per heavy atom. The summed E-state index contributed by atoms with van der Waals surface area (Å²) < 4.78 is 10.4. The molecule has 0 unspecified atom stereocenters. The zero-order valence-electron chi connectivity index (χ0n) is 14.5. The second-order valence-corrected chi connectivity index (χ2v) is 5.91. The summed E-state index contributed by atoms with van der Waals surface area (Å²) in [4.78, 5) is 16.1. The van der Waals surface area contributed by atoms with Crippen molar-refractivity contribution in [2.45, 2.75) is 13.8 Å². The third kappa shape index (κ3) is 3.95. The summed E-state index contributed by atoms with van der Waals surface area (Å²) >= 11 is 0. The minimum atomic E-state index is -0.191. The maximum absolute atomic E-state index is 11.5. The first-order chi connectivity index (χ1) is 12.1. The highest BCUT2D eigenvalue weighted by atomic mass is 16.5. The molecule has 1 aromatic heterocycles. The van der Waals surface area contributed by atoms with Gasteiger partial charge in [0.15, 0.2) is 0 Å². The number of methoxy groups -OCH3 is 1. The first kappa shape index (κ1) is 16.9. The first-order valence-corrected chi connectivity index (χ1v) is 7.99. The van der Waals surface area contributed by atoms with Crippen molar-refractivity contribution >= 4 is 11.6 Å². The number of aromatic nitrogens is 1. The van der Waals surface area contributed by atoms with Crippen LogP contribution in [-0.2, 0) is 9.53 Å². The van der Waals surface area contributed by atoms with Crippen LogP contribution in [0.4, 0.5) is 5.69 Å². The standard InChI is InChI=1S/C20H20N2O3/c1-13-4-5-14(2)17(10-13)18-11-25-20(22-18)15-6-8-16(9-7-15)21-19(23)12-24-3/h4-11H,12H2,1-3H3,(H,21,23). The highest BCUT2D eigenvalue weighted by molar-refractivity contribution is 5.91. The number of oxazole rings is 1. The Kier molecular flexibility index (Phi) is 4.95. The molecule has 0 spiro atoms. The molecule has 0 atom stereocenters. The van der Waals surface area contributed by atoms with E-state index in [4.69, 9.17) is 9.15 Å². The van der Waals surface area contributed by atoms with E-state index in [9.17, 15) is 4.79 Å². The number of ether oxygens (including phenoxy) is 1. The van der Waals surface area contributed by atoms with Gasteiger partial charge in [0.25, 0.3) is 0 Å². The Bertz CT molecular complexity index is 882.